The van der Waals surface area contributed by atoms with E-state index in [0.717, 1.165) is 12.3 Å². The summed E-state index contributed by atoms with van der Waals surface area (Å²) in [6.07, 6.45) is 1.13. The van der Waals surface area contributed by atoms with Crippen LogP contribution in [-0.4, -0.2) is 14.7 Å². The Balaban J connectivity index is 2.18. The quantitative estimate of drug-likeness (QED) is 0.939. The van der Waals surface area contributed by atoms with Gasteiger partial charge in [-0.2, -0.15) is 0 Å². The van der Waals surface area contributed by atoms with Crippen LogP contribution in [0.1, 0.15) is 18.5 Å². The molecule has 3 nitrogen and oxygen atoms in total. The highest BCUT2D eigenvalue weighted by Gasteiger charge is 2.12. The van der Waals surface area contributed by atoms with E-state index in [0.29, 0.717) is 11.3 Å². The molecule has 2 rings (SSSR count). The smallest absolute Gasteiger partial charge is 0.175 e. The average Bonchev–Trinajstić information content (AvgIpc) is 2.38. The third-order valence-corrected chi connectivity index (χ3v) is 4.22. The number of hydrogen-bond donors (Lipinski definition) is 1. The summed E-state index contributed by atoms with van der Waals surface area (Å²) >= 11 is 0. The molecule has 21 heavy (non-hydrogen) atoms. The van der Waals surface area contributed by atoms with Crippen LogP contribution in [0.15, 0.2) is 47.4 Å². The predicted molar refractivity (Wildman–Crippen MR) is 77.9 cm³/mol. The van der Waals surface area contributed by atoms with Gasteiger partial charge in [-0.15, -0.1) is 0 Å². The molecule has 0 heterocycles. The van der Waals surface area contributed by atoms with Gasteiger partial charge in [0.25, 0.3) is 0 Å². The summed E-state index contributed by atoms with van der Waals surface area (Å²) in [7, 11) is -3.24. The summed E-state index contributed by atoms with van der Waals surface area (Å²) in [5, 5.41) is 3.04. The zero-order chi connectivity index (χ0) is 15.6. The second-order valence-corrected chi connectivity index (χ2v) is 6.84. The van der Waals surface area contributed by atoms with Gasteiger partial charge in [0, 0.05) is 23.6 Å². The Morgan fingerprint density at radius 2 is 1.67 bits per heavy atom. The van der Waals surface area contributed by atoms with Crippen LogP contribution >= 0.6 is 0 Å². The minimum Gasteiger partial charge on any atom is -0.378 e. The molecule has 112 valence electrons. The molecule has 0 radical (unpaired) electrons. The SMILES string of the molecule is CC(Nc1ccc(S(C)(=O)=O)cc1)c1ccc(F)cc1F. The van der Waals surface area contributed by atoms with Crippen LogP contribution in [0.2, 0.25) is 0 Å². The van der Waals surface area contributed by atoms with Crippen molar-refractivity contribution >= 4 is 15.5 Å². The van der Waals surface area contributed by atoms with Crippen LogP contribution in [-0.2, 0) is 9.84 Å². The Bertz CT molecular complexity index is 743. The molecule has 0 saturated carbocycles. The molecule has 1 atom stereocenters. The molecule has 0 aliphatic carbocycles. The normalized spacial score (nSPS) is 13.0. The maximum absolute atomic E-state index is 13.7. The Kier molecular flexibility index (Phi) is 4.27. The van der Waals surface area contributed by atoms with Crippen molar-refractivity contribution < 1.29 is 17.2 Å². The van der Waals surface area contributed by atoms with Crippen molar-refractivity contribution in [2.75, 3.05) is 11.6 Å². The molecule has 0 aliphatic heterocycles. The highest BCUT2D eigenvalue weighted by Crippen LogP contribution is 2.23. The van der Waals surface area contributed by atoms with E-state index in [1.54, 1.807) is 19.1 Å². The number of rotatable bonds is 4. The Morgan fingerprint density at radius 1 is 1.05 bits per heavy atom. The van der Waals surface area contributed by atoms with Gasteiger partial charge in [0.05, 0.1) is 10.9 Å². The number of nitrogens with one attached hydrogen (secondary N) is 1. The second kappa shape index (κ2) is 5.81. The molecule has 0 saturated heterocycles. The lowest BCUT2D eigenvalue weighted by molar-refractivity contribution is 0.566. The van der Waals surface area contributed by atoms with E-state index in [9.17, 15) is 17.2 Å². The summed E-state index contributed by atoms with van der Waals surface area (Å²) < 4.78 is 49.3. The molecule has 0 spiro atoms. The van der Waals surface area contributed by atoms with Crippen molar-refractivity contribution in [1.29, 1.82) is 0 Å². The molecular formula is C15H15F2NO2S. The lowest BCUT2D eigenvalue weighted by Crippen LogP contribution is -2.09. The van der Waals surface area contributed by atoms with Gasteiger partial charge < -0.3 is 5.32 Å². The fraction of sp³-hybridized carbons (Fsp3) is 0.200. The first kappa shape index (κ1) is 15.4. The van der Waals surface area contributed by atoms with E-state index >= 15 is 0 Å². The molecule has 1 unspecified atom stereocenters. The van der Waals surface area contributed by atoms with Gasteiger partial charge in [-0.3, -0.25) is 0 Å². The number of anilines is 1. The van der Waals surface area contributed by atoms with Gasteiger partial charge in [-0.1, -0.05) is 6.07 Å². The summed E-state index contributed by atoms with van der Waals surface area (Å²) in [4.78, 5) is 0.216. The van der Waals surface area contributed by atoms with E-state index in [1.807, 2.05) is 0 Å². The van der Waals surface area contributed by atoms with Crippen molar-refractivity contribution in [3.05, 3.63) is 59.7 Å². The van der Waals surface area contributed by atoms with E-state index < -0.39 is 21.5 Å². The Hall–Kier alpha value is -1.95. The summed E-state index contributed by atoms with van der Waals surface area (Å²) in [6.45, 7) is 1.74. The highest BCUT2D eigenvalue weighted by molar-refractivity contribution is 7.90. The van der Waals surface area contributed by atoms with Crippen LogP contribution < -0.4 is 5.32 Å². The van der Waals surface area contributed by atoms with Gasteiger partial charge in [0.2, 0.25) is 0 Å². The molecule has 2 aromatic rings. The van der Waals surface area contributed by atoms with Gasteiger partial charge in [-0.05, 0) is 37.3 Å². The second-order valence-electron chi connectivity index (χ2n) is 4.83. The Labute approximate surface area is 122 Å². The van der Waals surface area contributed by atoms with Crippen LogP contribution in [0.3, 0.4) is 0 Å². The fourth-order valence-electron chi connectivity index (χ4n) is 1.98. The maximum atomic E-state index is 13.7. The molecule has 6 heteroatoms. The van der Waals surface area contributed by atoms with Crippen LogP contribution in [0.25, 0.3) is 0 Å². The highest BCUT2D eigenvalue weighted by atomic mass is 32.2. The number of benzene rings is 2. The first-order valence-corrected chi connectivity index (χ1v) is 8.18. The summed E-state index contributed by atoms with van der Waals surface area (Å²) in [6, 6.07) is 9.20. The third-order valence-electron chi connectivity index (χ3n) is 3.09. The van der Waals surface area contributed by atoms with Crippen molar-refractivity contribution in [2.45, 2.75) is 17.9 Å². The summed E-state index contributed by atoms with van der Waals surface area (Å²) in [5.41, 5.74) is 0.988. The fourth-order valence-corrected chi connectivity index (χ4v) is 2.61. The molecule has 1 N–H and O–H groups in total. The molecule has 2 aromatic carbocycles. The van der Waals surface area contributed by atoms with Crippen LogP contribution in [0.4, 0.5) is 14.5 Å². The zero-order valence-electron chi connectivity index (χ0n) is 11.6. The van der Waals surface area contributed by atoms with Crippen molar-refractivity contribution in [3.63, 3.8) is 0 Å². The van der Waals surface area contributed by atoms with Crippen LogP contribution in [0, 0.1) is 11.6 Å². The van der Waals surface area contributed by atoms with Gasteiger partial charge in [-0.25, -0.2) is 17.2 Å². The van der Waals surface area contributed by atoms with E-state index in [1.165, 1.54) is 24.3 Å². The van der Waals surface area contributed by atoms with Gasteiger partial charge in [0.1, 0.15) is 11.6 Å². The van der Waals surface area contributed by atoms with Crippen LogP contribution in [0.5, 0.6) is 0 Å². The maximum Gasteiger partial charge on any atom is 0.175 e. The number of halogens is 2. The minimum atomic E-state index is -3.24. The lowest BCUT2D eigenvalue weighted by Gasteiger charge is -2.16. The van der Waals surface area contributed by atoms with Gasteiger partial charge >= 0.3 is 0 Å². The predicted octanol–water partition coefficient (Wildman–Crippen LogP) is 3.54. The van der Waals surface area contributed by atoms with E-state index in [-0.39, 0.29) is 10.9 Å². The van der Waals surface area contributed by atoms with E-state index in [4.69, 9.17) is 0 Å². The standard InChI is InChI=1S/C15H15F2NO2S/c1-10(14-8-3-11(16)9-15(14)17)18-12-4-6-13(7-5-12)21(2,19)20/h3-10,18H,1-2H3. The lowest BCUT2D eigenvalue weighted by atomic mass is 10.1. The molecule has 0 aromatic heterocycles. The minimum absolute atomic E-state index is 0.216. The largest absolute Gasteiger partial charge is 0.378 e. The molecule has 0 amide bonds. The molecule has 0 bridgehead atoms. The Morgan fingerprint density at radius 3 is 2.19 bits per heavy atom. The first-order chi connectivity index (χ1) is 9.77. The molecular weight excluding hydrogens is 296 g/mol. The van der Waals surface area contributed by atoms with Crippen molar-refractivity contribution in [1.82, 2.24) is 0 Å². The summed E-state index contributed by atoms with van der Waals surface area (Å²) in [5.74, 6) is -1.25. The monoisotopic (exact) mass is 311 g/mol. The van der Waals surface area contributed by atoms with E-state index in [2.05, 4.69) is 5.32 Å². The van der Waals surface area contributed by atoms with Gasteiger partial charge in [0.15, 0.2) is 9.84 Å². The topological polar surface area (TPSA) is 46.2 Å². The number of hydrogen-bond acceptors (Lipinski definition) is 3. The average molecular weight is 311 g/mol. The first-order valence-electron chi connectivity index (χ1n) is 6.29. The number of sulfone groups is 1. The van der Waals surface area contributed by atoms with Crippen molar-refractivity contribution in [2.24, 2.45) is 0 Å². The molecule has 0 aliphatic rings. The van der Waals surface area contributed by atoms with Crippen molar-refractivity contribution in [3.8, 4) is 0 Å². The molecule has 0 fully saturated rings. The third kappa shape index (κ3) is 3.78. The zero-order valence-corrected chi connectivity index (χ0v) is 12.4.